The highest BCUT2D eigenvalue weighted by Crippen LogP contribution is 2.23. The topological polar surface area (TPSA) is 81.7 Å². The summed E-state index contributed by atoms with van der Waals surface area (Å²) in [6, 6.07) is 10.6. The summed E-state index contributed by atoms with van der Waals surface area (Å²) in [4.78, 5) is 11.5. The number of aryl methyl sites for hydroxylation is 1. The Balaban J connectivity index is 2.24. The van der Waals surface area contributed by atoms with Crippen LogP contribution in [0.4, 0.5) is 5.69 Å². The number of carbonyl (C=O) groups is 1. The summed E-state index contributed by atoms with van der Waals surface area (Å²) < 4.78 is 36.9. The predicted octanol–water partition coefficient (Wildman–Crippen LogP) is 2.59. The fourth-order valence-corrected chi connectivity index (χ4v) is 3.17. The Morgan fingerprint density at radius 1 is 1.04 bits per heavy atom. The van der Waals surface area contributed by atoms with Crippen LogP contribution in [0.1, 0.15) is 15.9 Å². The van der Waals surface area contributed by atoms with Crippen LogP contribution in [0, 0.1) is 6.92 Å². The minimum atomic E-state index is -3.72. The van der Waals surface area contributed by atoms with Crippen molar-refractivity contribution in [2.24, 2.45) is 0 Å². The molecule has 0 aliphatic rings. The largest absolute Gasteiger partial charge is 0.496 e. The third kappa shape index (κ3) is 3.81. The second-order valence-corrected chi connectivity index (χ2v) is 6.49. The number of sulfonamides is 1. The summed E-state index contributed by atoms with van der Waals surface area (Å²) in [5, 5.41) is 0. The van der Waals surface area contributed by atoms with Crippen molar-refractivity contribution in [2.45, 2.75) is 11.8 Å². The zero-order valence-electron chi connectivity index (χ0n) is 13.0. The molecule has 0 spiro atoms. The molecule has 0 bridgehead atoms. The first-order valence-electron chi connectivity index (χ1n) is 6.73. The van der Waals surface area contributed by atoms with E-state index in [1.54, 1.807) is 13.0 Å². The maximum Gasteiger partial charge on any atom is 0.337 e. The van der Waals surface area contributed by atoms with Crippen molar-refractivity contribution in [1.29, 1.82) is 0 Å². The molecule has 7 heteroatoms. The van der Waals surface area contributed by atoms with E-state index in [4.69, 9.17) is 4.74 Å². The number of carbonyl (C=O) groups excluding carboxylic acids is 1. The molecule has 2 aromatic carbocycles. The molecular weight excluding hydrogens is 318 g/mol. The van der Waals surface area contributed by atoms with Crippen molar-refractivity contribution in [3.05, 3.63) is 53.6 Å². The van der Waals surface area contributed by atoms with Crippen LogP contribution in [0.25, 0.3) is 0 Å². The summed E-state index contributed by atoms with van der Waals surface area (Å²) in [6.07, 6.45) is 0. The van der Waals surface area contributed by atoms with Gasteiger partial charge < -0.3 is 9.47 Å². The molecule has 122 valence electrons. The molecule has 0 unspecified atom stereocenters. The molecule has 6 nitrogen and oxygen atoms in total. The molecule has 0 aliphatic carbocycles. The lowest BCUT2D eigenvalue weighted by Crippen LogP contribution is -2.13. The fourth-order valence-electron chi connectivity index (χ4n) is 2.02. The molecule has 0 saturated heterocycles. The molecule has 1 N–H and O–H groups in total. The van der Waals surface area contributed by atoms with Gasteiger partial charge in [-0.25, -0.2) is 13.2 Å². The van der Waals surface area contributed by atoms with E-state index in [9.17, 15) is 13.2 Å². The number of methoxy groups -OCH3 is 2. The van der Waals surface area contributed by atoms with Crippen LogP contribution in [0.3, 0.4) is 0 Å². The highest BCUT2D eigenvalue weighted by molar-refractivity contribution is 7.92. The van der Waals surface area contributed by atoms with Crippen molar-refractivity contribution < 1.29 is 22.7 Å². The average molecular weight is 335 g/mol. The Hall–Kier alpha value is -2.54. The minimum absolute atomic E-state index is 0.132. The summed E-state index contributed by atoms with van der Waals surface area (Å²) in [5.74, 6) is 0.136. The number of anilines is 1. The van der Waals surface area contributed by atoms with Gasteiger partial charge in [-0.2, -0.15) is 0 Å². The summed E-state index contributed by atoms with van der Waals surface area (Å²) >= 11 is 0. The number of esters is 1. The molecular formula is C16H17NO5S. The Labute approximate surface area is 135 Å². The van der Waals surface area contributed by atoms with Crippen LogP contribution in [-0.2, 0) is 14.8 Å². The summed E-state index contributed by atoms with van der Waals surface area (Å²) in [5.41, 5.74) is 1.42. The zero-order valence-corrected chi connectivity index (χ0v) is 13.8. The van der Waals surface area contributed by atoms with Gasteiger partial charge in [-0.3, -0.25) is 4.72 Å². The van der Waals surface area contributed by atoms with E-state index < -0.39 is 16.0 Å². The van der Waals surface area contributed by atoms with E-state index in [0.717, 1.165) is 5.56 Å². The molecule has 0 radical (unpaired) electrons. The van der Waals surface area contributed by atoms with Gasteiger partial charge >= 0.3 is 5.97 Å². The lowest BCUT2D eigenvalue weighted by Gasteiger charge is -2.11. The van der Waals surface area contributed by atoms with Gasteiger partial charge in [0.05, 0.1) is 24.7 Å². The Bertz CT molecular complexity index is 813. The van der Waals surface area contributed by atoms with Crippen LogP contribution >= 0.6 is 0 Å². The van der Waals surface area contributed by atoms with E-state index in [0.29, 0.717) is 17.0 Å². The van der Waals surface area contributed by atoms with Crippen LogP contribution < -0.4 is 9.46 Å². The van der Waals surface area contributed by atoms with Gasteiger partial charge in [0.25, 0.3) is 10.0 Å². The third-order valence-corrected chi connectivity index (χ3v) is 4.61. The van der Waals surface area contributed by atoms with Crippen molar-refractivity contribution in [1.82, 2.24) is 0 Å². The number of benzene rings is 2. The van der Waals surface area contributed by atoms with Gasteiger partial charge in [0.1, 0.15) is 5.75 Å². The summed E-state index contributed by atoms with van der Waals surface area (Å²) in [7, 11) is -0.913. The lowest BCUT2D eigenvalue weighted by atomic mass is 10.2. The third-order valence-electron chi connectivity index (χ3n) is 3.23. The molecule has 23 heavy (non-hydrogen) atoms. The molecule has 0 heterocycles. The normalized spacial score (nSPS) is 10.9. The molecule has 0 atom stereocenters. The summed E-state index contributed by atoms with van der Waals surface area (Å²) in [6.45, 7) is 1.77. The van der Waals surface area contributed by atoms with Gasteiger partial charge in [-0.05, 0) is 55.0 Å². The standard InChI is InChI=1S/C16H17NO5S/c1-11-10-14(8-9-15(11)21-2)23(19,20)17-13-6-4-12(5-7-13)16(18)22-3/h4-10,17H,1-3H3. The van der Waals surface area contributed by atoms with Gasteiger partial charge in [-0.1, -0.05) is 0 Å². The van der Waals surface area contributed by atoms with E-state index in [2.05, 4.69) is 9.46 Å². The number of hydrogen-bond acceptors (Lipinski definition) is 5. The van der Waals surface area contributed by atoms with Crippen molar-refractivity contribution >= 4 is 21.7 Å². The molecule has 0 aromatic heterocycles. The van der Waals surface area contributed by atoms with Gasteiger partial charge in [0.15, 0.2) is 0 Å². The number of hydrogen-bond donors (Lipinski definition) is 1. The Morgan fingerprint density at radius 2 is 1.70 bits per heavy atom. The first-order valence-corrected chi connectivity index (χ1v) is 8.21. The Kier molecular flexibility index (Phi) is 4.90. The molecule has 0 saturated carbocycles. The van der Waals surface area contributed by atoms with E-state index in [1.807, 2.05) is 0 Å². The average Bonchev–Trinajstić information content (AvgIpc) is 2.54. The van der Waals surface area contributed by atoms with Crippen molar-refractivity contribution in [3.8, 4) is 5.75 Å². The van der Waals surface area contributed by atoms with E-state index in [-0.39, 0.29) is 4.90 Å². The number of nitrogens with one attached hydrogen (secondary N) is 1. The maximum atomic E-state index is 12.4. The molecule has 2 rings (SSSR count). The maximum absolute atomic E-state index is 12.4. The van der Waals surface area contributed by atoms with Gasteiger partial charge in [0, 0.05) is 5.69 Å². The first-order chi connectivity index (χ1) is 10.9. The molecule has 2 aromatic rings. The highest BCUT2D eigenvalue weighted by Gasteiger charge is 2.16. The monoisotopic (exact) mass is 335 g/mol. The second kappa shape index (κ2) is 6.70. The molecule has 0 aliphatic heterocycles. The SMILES string of the molecule is COC(=O)c1ccc(NS(=O)(=O)c2ccc(OC)c(C)c2)cc1. The smallest absolute Gasteiger partial charge is 0.337 e. The van der Waals surface area contributed by atoms with E-state index in [1.165, 1.54) is 50.6 Å². The van der Waals surface area contributed by atoms with E-state index >= 15 is 0 Å². The highest BCUT2D eigenvalue weighted by atomic mass is 32.2. The first kappa shape index (κ1) is 16.8. The molecule has 0 amide bonds. The number of ether oxygens (including phenoxy) is 2. The molecule has 0 fully saturated rings. The fraction of sp³-hybridized carbons (Fsp3) is 0.188. The lowest BCUT2D eigenvalue weighted by molar-refractivity contribution is 0.0601. The van der Waals surface area contributed by atoms with Crippen LogP contribution in [0.15, 0.2) is 47.4 Å². The predicted molar refractivity (Wildman–Crippen MR) is 86.3 cm³/mol. The van der Waals surface area contributed by atoms with Gasteiger partial charge in [-0.15, -0.1) is 0 Å². The van der Waals surface area contributed by atoms with Gasteiger partial charge in [0.2, 0.25) is 0 Å². The Morgan fingerprint density at radius 3 is 2.22 bits per heavy atom. The van der Waals surface area contributed by atoms with Crippen molar-refractivity contribution in [3.63, 3.8) is 0 Å². The quantitative estimate of drug-likeness (QED) is 0.849. The zero-order chi connectivity index (χ0) is 17.0. The van der Waals surface area contributed by atoms with Crippen LogP contribution in [-0.4, -0.2) is 28.6 Å². The minimum Gasteiger partial charge on any atom is -0.496 e. The second-order valence-electron chi connectivity index (χ2n) is 4.81. The van der Waals surface area contributed by atoms with Crippen LogP contribution in [0.2, 0.25) is 0 Å². The van der Waals surface area contributed by atoms with Crippen LogP contribution in [0.5, 0.6) is 5.75 Å². The van der Waals surface area contributed by atoms with Crippen molar-refractivity contribution in [2.75, 3.05) is 18.9 Å². The number of rotatable bonds is 5.